The minimum absolute atomic E-state index is 0.0308. The van der Waals surface area contributed by atoms with Crippen molar-refractivity contribution in [2.75, 3.05) is 32.9 Å². The van der Waals surface area contributed by atoms with Gasteiger partial charge in [-0.3, -0.25) is 9.36 Å². The maximum atomic E-state index is 12.9. The molecular formula is C22H23N3O5. The molecule has 1 amide bonds. The molecule has 0 spiro atoms. The number of hydrogen-bond acceptors (Lipinski definition) is 5. The first-order valence-corrected chi connectivity index (χ1v) is 9.89. The molecular weight excluding hydrogens is 386 g/mol. The third kappa shape index (κ3) is 3.99. The molecule has 0 bridgehead atoms. The lowest BCUT2D eigenvalue weighted by Gasteiger charge is -2.26. The number of fused-ring (bicyclic) bond motifs is 1. The summed E-state index contributed by atoms with van der Waals surface area (Å²) in [5.41, 5.74) is 3.26. The Morgan fingerprint density at radius 3 is 2.47 bits per heavy atom. The van der Waals surface area contributed by atoms with Crippen molar-refractivity contribution < 1.29 is 24.2 Å². The van der Waals surface area contributed by atoms with Gasteiger partial charge in [0.2, 0.25) is 0 Å². The normalized spacial score (nSPS) is 14.1. The number of hydrogen-bond donors (Lipinski definition) is 1. The lowest BCUT2D eigenvalue weighted by Crippen LogP contribution is -2.40. The second-order valence-electron chi connectivity index (χ2n) is 7.02. The number of benzene rings is 2. The van der Waals surface area contributed by atoms with Crippen LogP contribution in [0, 0.1) is 0 Å². The van der Waals surface area contributed by atoms with Gasteiger partial charge in [0.25, 0.3) is 11.9 Å². The average molecular weight is 409 g/mol. The zero-order chi connectivity index (χ0) is 21.1. The Bertz CT molecular complexity index is 1070. The van der Waals surface area contributed by atoms with Crippen LogP contribution in [0.15, 0.2) is 42.5 Å². The van der Waals surface area contributed by atoms with E-state index in [1.807, 2.05) is 23.6 Å². The SMILES string of the molecule is CCOc1nc2ccc(C(=O)N3CCOCC3)cc2n1Cc1ccc(C(=O)O)cc1. The van der Waals surface area contributed by atoms with Gasteiger partial charge in [0.15, 0.2) is 0 Å². The summed E-state index contributed by atoms with van der Waals surface area (Å²) in [6.45, 7) is 5.05. The summed E-state index contributed by atoms with van der Waals surface area (Å²) in [7, 11) is 0. The maximum absolute atomic E-state index is 12.9. The largest absolute Gasteiger partial charge is 0.478 e. The molecule has 2 heterocycles. The first-order valence-electron chi connectivity index (χ1n) is 9.89. The molecule has 0 atom stereocenters. The van der Waals surface area contributed by atoms with Gasteiger partial charge in [0.05, 0.1) is 43.0 Å². The van der Waals surface area contributed by atoms with E-state index in [-0.39, 0.29) is 11.5 Å². The first-order chi connectivity index (χ1) is 14.6. The highest BCUT2D eigenvalue weighted by atomic mass is 16.5. The third-order valence-corrected chi connectivity index (χ3v) is 5.07. The Morgan fingerprint density at radius 2 is 1.80 bits per heavy atom. The number of carboxylic acid groups (broad SMARTS) is 1. The number of nitrogens with zero attached hydrogens (tertiary/aromatic N) is 3. The summed E-state index contributed by atoms with van der Waals surface area (Å²) in [5.74, 6) is -0.993. The minimum Gasteiger partial charge on any atom is -0.478 e. The van der Waals surface area contributed by atoms with Crippen LogP contribution in [0.4, 0.5) is 0 Å². The van der Waals surface area contributed by atoms with Crippen LogP contribution in [0.3, 0.4) is 0 Å². The molecule has 0 aliphatic carbocycles. The smallest absolute Gasteiger partial charge is 0.335 e. The summed E-state index contributed by atoms with van der Waals surface area (Å²) in [4.78, 5) is 30.3. The predicted molar refractivity (Wildman–Crippen MR) is 110 cm³/mol. The summed E-state index contributed by atoms with van der Waals surface area (Å²) in [5, 5.41) is 9.10. The van der Waals surface area contributed by atoms with Crippen LogP contribution in [-0.2, 0) is 11.3 Å². The van der Waals surface area contributed by atoms with E-state index in [1.165, 1.54) is 0 Å². The van der Waals surface area contributed by atoms with Gasteiger partial charge >= 0.3 is 5.97 Å². The number of imidazole rings is 1. The summed E-state index contributed by atoms with van der Waals surface area (Å²) in [6.07, 6.45) is 0. The fourth-order valence-electron chi connectivity index (χ4n) is 3.51. The molecule has 1 aliphatic rings. The van der Waals surface area contributed by atoms with Crippen molar-refractivity contribution in [2.24, 2.45) is 0 Å². The van der Waals surface area contributed by atoms with Crippen molar-refractivity contribution in [1.82, 2.24) is 14.5 Å². The zero-order valence-corrected chi connectivity index (χ0v) is 16.7. The number of carboxylic acids is 1. The summed E-state index contributed by atoms with van der Waals surface area (Å²) in [6, 6.07) is 12.6. The van der Waals surface area contributed by atoms with Crippen molar-refractivity contribution in [2.45, 2.75) is 13.5 Å². The Labute approximate surface area is 173 Å². The van der Waals surface area contributed by atoms with E-state index in [9.17, 15) is 9.59 Å². The Balaban J connectivity index is 1.69. The summed E-state index contributed by atoms with van der Waals surface area (Å²) >= 11 is 0. The molecule has 1 N–H and O–H groups in total. The number of carbonyl (C=O) groups is 2. The Kier molecular flexibility index (Phi) is 5.67. The third-order valence-electron chi connectivity index (χ3n) is 5.07. The van der Waals surface area contributed by atoms with Gasteiger partial charge in [-0.2, -0.15) is 4.98 Å². The van der Waals surface area contributed by atoms with Gasteiger partial charge in [-0.05, 0) is 42.8 Å². The molecule has 1 aromatic heterocycles. The van der Waals surface area contributed by atoms with E-state index in [1.54, 1.807) is 35.2 Å². The fraction of sp³-hybridized carbons (Fsp3) is 0.318. The van der Waals surface area contributed by atoms with Crippen molar-refractivity contribution in [1.29, 1.82) is 0 Å². The average Bonchev–Trinajstić information content (AvgIpc) is 3.11. The van der Waals surface area contributed by atoms with Crippen LogP contribution < -0.4 is 4.74 Å². The Hall–Kier alpha value is -3.39. The molecule has 1 saturated heterocycles. The van der Waals surface area contributed by atoms with Crippen LogP contribution in [-0.4, -0.2) is 64.3 Å². The lowest BCUT2D eigenvalue weighted by atomic mass is 10.1. The van der Waals surface area contributed by atoms with Crippen molar-refractivity contribution in [3.8, 4) is 6.01 Å². The van der Waals surface area contributed by atoms with Crippen LogP contribution in [0.2, 0.25) is 0 Å². The number of amides is 1. The predicted octanol–water partition coefficient (Wildman–Crippen LogP) is 2.65. The molecule has 1 fully saturated rings. The fourth-order valence-corrected chi connectivity index (χ4v) is 3.51. The van der Waals surface area contributed by atoms with Crippen molar-refractivity contribution in [3.05, 3.63) is 59.2 Å². The van der Waals surface area contributed by atoms with Crippen molar-refractivity contribution >= 4 is 22.9 Å². The van der Waals surface area contributed by atoms with Gasteiger partial charge in [-0.25, -0.2) is 4.79 Å². The van der Waals surface area contributed by atoms with Crippen LogP contribution >= 0.6 is 0 Å². The number of carbonyl (C=O) groups excluding carboxylic acids is 1. The molecule has 0 radical (unpaired) electrons. The molecule has 2 aromatic carbocycles. The quantitative estimate of drug-likeness (QED) is 0.673. The van der Waals surface area contributed by atoms with Crippen molar-refractivity contribution in [3.63, 3.8) is 0 Å². The van der Waals surface area contributed by atoms with E-state index in [0.717, 1.165) is 16.6 Å². The highest BCUT2D eigenvalue weighted by Gasteiger charge is 2.20. The number of morpholine rings is 1. The second-order valence-corrected chi connectivity index (χ2v) is 7.02. The van der Waals surface area contributed by atoms with E-state index < -0.39 is 5.97 Å². The molecule has 3 aromatic rings. The zero-order valence-electron chi connectivity index (χ0n) is 16.7. The van der Waals surface area contributed by atoms with Gasteiger partial charge in [0, 0.05) is 18.7 Å². The second kappa shape index (κ2) is 8.54. The number of ether oxygens (including phenoxy) is 2. The standard InChI is InChI=1S/C22H23N3O5/c1-2-30-22-23-18-8-7-17(20(26)24-9-11-29-12-10-24)13-19(18)25(22)14-15-3-5-16(6-4-15)21(27)28/h3-8,13H,2,9-12,14H2,1H3,(H,27,28). The van der Waals surface area contributed by atoms with Gasteiger partial charge in [-0.15, -0.1) is 0 Å². The van der Waals surface area contributed by atoms with Gasteiger partial charge in [0.1, 0.15) is 0 Å². The van der Waals surface area contributed by atoms with E-state index in [2.05, 4.69) is 4.98 Å². The van der Waals surface area contributed by atoms with Gasteiger partial charge in [-0.1, -0.05) is 12.1 Å². The monoisotopic (exact) mass is 409 g/mol. The maximum Gasteiger partial charge on any atom is 0.335 e. The van der Waals surface area contributed by atoms with E-state index >= 15 is 0 Å². The highest BCUT2D eigenvalue weighted by Crippen LogP contribution is 2.25. The number of rotatable bonds is 6. The molecule has 0 saturated carbocycles. The summed E-state index contributed by atoms with van der Waals surface area (Å²) < 4.78 is 13.0. The lowest BCUT2D eigenvalue weighted by molar-refractivity contribution is 0.0303. The van der Waals surface area contributed by atoms with E-state index in [0.29, 0.717) is 51.0 Å². The number of aromatic carboxylic acids is 1. The van der Waals surface area contributed by atoms with E-state index in [4.69, 9.17) is 14.6 Å². The molecule has 1 aliphatic heterocycles. The number of aromatic nitrogens is 2. The molecule has 8 nitrogen and oxygen atoms in total. The minimum atomic E-state index is -0.962. The molecule has 30 heavy (non-hydrogen) atoms. The van der Waals surface area contributed by atoms with Crippen LogP contribution in [0.25, 0.3) is 11.0 Å². The molecule has 8 heteroatoms. The van der Waals surface area contributed by atoms with Crippen LogP contribution in [0.1, 0.15) is 33.2 Å². The Morgan fingerprint density at radius 1 is 1.10 bits per heavy atom. The molecule has 0 unspecified atom stereocenters. The highest BCUT2D eigenvalue weighted by molar-refractivity contribution is 5.97. The first kappa shape index (κ1) is 19.9. The molecule has 156 valence electrons. The van der Waals surface area contributed by atoms with Gasteiger partial charge < -0.3 is 19.5 Å². The molecule has 4 rings (SSSR count). The topological polar surface area (TPSA) is 93.9 Å². The van der Waals surface area contributed by atoms with Crippen LogP contribution in [0.5, 0.6) is 6.01 Å².